The van der Waals surface area contributed by atoms with Crippen LogP contribution in [0.1, 0.15) is 23.2 Å². The lowest BCUT2D eigenvalue weighted by Gasteiger charge is -2.06. The van der Waals surface area contributed by atoms with E-state index in [9.17, 15) is 4.79 Å². The van der Waals surface area contributed by atoms with Gasteiger partial charge in [0, 0.05) is 12.1 Å². The molecule has 5 heteroatoms. The number of nitrogens with one attached hydrogen (secondary N) is 1. The van der Waals surface area contributed by atoms with Crippen molar-refractivity contribution < 1.29 is 14.3 Å². The van der Waals surface area contributed by atoms with Crippen LogP contribution < -0.4 is 5.32 Å². The van der Waals surface area contributed by atoms with Gasteiger partial charge in [0.05, 0.1) is 12.1 Å². The lowest BCUT2D eigenvalue weighted by molar-refractivity contribution is -0.136. The van der Waals surface area contributed by atoms with Crippen LogP contribution in [0.15, 0.2) is 28.9 Å². The molecular formula is C14H16N2O3. The van der Waals surface area contributed by atoms with Crippen LogP contribution in [-0.2, 0) is 11.2 Å². The first kappa shape index (κ1) is 13.1. The standard InChI is InChI=1S/C14H16N2O3/c1-9-3-4-10(2)12(7-9)16-14-15-11(8-19-14)5-6-13(17)18/h3-4,7-8H,5-6H2,1-2H3,(H,15,16)(H,17,18). The van der Waals surface area contributed by atoms with Crippen molar-refractivity contribution >= 4 is 17.7 Å². The molecule has 0 aliphatic rings. The van der Waals surface area contributed by atoms with Gasteiger partial charge in [-0.2, -0.15) is 4.98 Å². The van der Waals surface area contributed by atoms with E-state index in [1.807, 2.05) is 32.0 Å². The van der Waals surface area contributed by atoms with E-state index < -0.39 is 5.97 Å². The van der Waals surface area contributed by atoms with Crippen LogP contribution in [0.3, 0.4) is 0 Å². The van der Waals surface area contributed by atoms with Gasteiger partial charge >= 0.3 is 5.97 Å². The van der Waals surface area contributed by atoms with Gasteiger partial charge in [0.25, 0.3) is 6.01 Å². The second-order valence-electron chi connectivity index (χ2n) is 4.48. The molecule has 2 aromatic rings. The van der Waals surface area contributed by atoms with Gasteiger partial charge in [-0.3, -0.25) is 4.79 Å². The van der Waals surface area contributed by atoms with Crippen molar-refractivity contribution in [1.82, 2.24) is 4.98 Å². The first-order valence-corrected chi connectivity index (χ1v) is 6.05. The summed E-state index contributed by atoms with van der Waals surface area (Å²) in [6.07, 6.45) is 1.90. The normalized spacial score (nSPS) is 10.4. The average molecular weight is 260 g/mol. The zero-order valence-corrected chi connectivity index (χ0v) is 10.9. The maximum atomic E-state index is 10.5. The average Bonchev–Trinajstić information content (AvgIpc) is 2.79. The molecule has 0 radical (unpaired) electrons. The van der Waals surface area contributed by atoms with Gasteiger partial charge < -0.3 is 14.8 Å². The van der Waals surface area contributed by atoms with Crippen LogP contribution in [0.5, 0.6) is 0 Å². The van der Waals surface area contributed by atoms with E-state index in [0.717, 1.165) is 16.8 Å². The molecule has 100 valence electrons. The maximum Gasteiger partial charge on any atom is 0.303 e. The van der Waals surface area contributed by atoms with Gasteiger partial charge in [-0.05, 0) is 31.0 Å². The lowest BCUT2D eigenvalue weighted by Crippen LogP contribution is -1.98. The summed E-state index contributed by atoms with van der Waals surface area (Å²) in [5, 5.41) is 11.7. The zero-order valence-electron chi connectivity index (χ0n) is 10.9. The van der Waals surface area contributed by atoms with Crippen molar-refractivity contribution in [2.75, 3.05) is 5.32 Å². The van der Waals surface area contributed by atoms with Crippen molar-refractivity contribution in [1.29, 1.82) is 0 Å². The highest BCUT2D eigenvalue weighted by Crippen LogP contribution is 2.21. The number of nitrogens with zero attached hydrogens (tertiary/aromatic N) is 1. The monoisotopic (exact) mass is 260 g/mol. The SMILES string of the molecule is Cc1ccc(C)c(Nc2nc(CCC(=O)O)co2)c1. The number of aryl methyl sites for hydroxylation is 3. The van der Waals surface area contributed by atoms with E-state index in [1.54, 1.807) is 0 Å². The second-order valence-corrected chi connectivity index (χ2v) is 4.48. The fraction of sp³-hybridized carbons (Fsp3) is 0.286. The number of carbonyl (C=O) groups is 1. The molecule has 1 aromatic carbocycles. The van der Waals surface area contributed by atoms with Crippen molar-refractivity contribution in [2.45, 2.75) is 26.7 Å². The van der Waals surface area contributed by atoms with E-state index >= 15 is 0 Å². The highest BCUT2D eigenvalue weighted by molar-refractivity contribution is 5.67. The van der Waals surface area contributed by atoms with E-state index in [0.29, 0.717) is 18.1 Å². The number of anilines is 2. The van der Waals surface area contributed by atoms with Gasteiger partial charge in [0.2, 0.25) is 0 Å². The molecule has 1 aromatic heterocycles. The molecule has 1 heterocycles. The Labute approximate surface area is 111 Å². The highest BCUT2D eigenvalue weighted by Gasteiger charge is 2.07. The number of carboxylic acids is 1. The molecule has 0 spiro atoms. The topological polar surface area (TPSA) is 75.4 Å². The Morgan fingerprint density at radius 3 is 2.95 bits per heavy atom. The molecule has 0 saturated carbocycles. The maximum absolute atomic E-state index is 10.5. The summed E-state index contributed by atoms with van der Waals surface area (Å²) in [6.45, 7) is 4.01. The number of hydrogen-bond acceptors (Lipinski definition) is 4. The predicted octanol–water partition coefficient (Wildman–Crippen LogP) is 3.05. The molecule has 5 nitrogen and oxygen atoms in total. The Morgan fingerprint density at radius 2 is 2.21 bits per heavy atom. The van der Waals surface area contributed by atoms with E-state index in [2.05, 4.69) is 10.3 Å². The summed E-state index contributed by atoms with van der Waals surface area (Å²) in [7, 11) is 0. The molecule has 19 heavy (non-hydrogen) atoms. The van der Waals surface area contributed by atoms with Gasteiger partial charge in [-0.15, -0.1) is 0 Å². The summed E-state index contributed by atoms with van der Waals surface area (Å²) in [6, 6.07) is 6.45. The minimum absolute atomic E-state index is 0.0510. The summed E-state index contributed by atoms with van der Waals surface area (Å²) in [5.41, 5.74) is 3.81. The number of oxazole rings is 1. The summed E-state index contributed by atoms with van der Waals surface area (Å²) in [4.78, 5) is 14.7. The van der Waals surface area contributed by atoms with Crippen molar-refractivity contribution in [3.8, 4) is 0 Å². The number of rotatable bonds is 5. The van der Waals surface area contributed by atoms with Crippen molar-refractivity contribution in [3.63, 3.8) is 0 Å². The molecule has 0 amide bonds. The molecule has 0 fully saturated rings. The van der Waals surface area contributed by atoms with E-state index in [1.165, 1.54) is 6.26 Å². The molecule has 2 rings (SSSR count). The largest absolute Gasteiger partial charge is 0.481 e. The third-order valence-electron chi connectivity index (χ3n) is 2.78. The Kier molecular flexibility index (Phi) is 3.85. The number of aliphatic carboxylic acids is 1. The lowest BCUT2D eigenvalue weighted by atomic mass is 10.1. The molecule has 2 N–H and O–H groups in total. The first-order chi connectivity index (χ1) is 9.04. The minimum atomic E-state index is -0.841. The van der Waals surface area contributed by atoms with E-state index in [-0.39, 0.29) is 6.42 Å². The first-order valence-electron chi connectivity index (χ1n) is 6.05. The molecule has 0 aliphatic heterocycles. The number of aromatic nitrogens is 1. The van der Waals surface area contributed by atoms with Crippen molar-refractivity contribution in [2.24, 2.45) is 0 Å². The van der Waals surface area contributed by atoms with Crippen molar-refractivity contribution in [3.05, 3.63) is 41.3 Å². The predicted molar refractivity (Wildman–Crippen MR) is 71.7 cm³/mol. The second kappa shape index (κ2) is 5.56. The Balaban J connectivity index is 2.07. The Hall–Kier alpha value is -2.30. The highest BCUT2D eigenvalue weighted by atomic mass is 16.4. The van der Waals surface area contributed by atoms with Crippen LogP contribution in [0.25, 0.3) is 0 Å². The summed E-state index contributed by atoms with van der Waals surface area (Å²) < 4.78 is 5.28. The summed E-state index contributed by atoms with van der Waals surface area (Å²) in [5.74, 6) is -0.841. The number of carboxylic acid groups (broad SMARTS) is 1. The molecule has 0 unspecified atom stereocenters. The van der Waals surface area contributed by atoms with Gasteiger partial charge in [0.1, 0.15) is 6.26 Å². The van der Waals surface area contributed by atoms with E-state index in [4.69, 9.17) is 9.52 Å². The number of hydrogen-bond donors (Lipinski definition) is 2. The van der Waals surface area contributed by atoms with Crippen LogP contribution in [0, 0.1) is 13.8 Å². The molecule has 0 saturated heterocycles. The Bertz CT molecular complexity index is 590. The van der Waals surface area contributed by atoms with Crippen LogP contribution in [0.2, 0.25) is 0 Å². The third-order valence-corrected chi connectivity index (χ3v) is 2.78. The fourth-order valence-corrected chi connectivity index (χ4v) is 1.70. The minimum Gasteiger partial charge on any atom is -0.481 e. The molecule has 0 bridgehead atoms. The third kappa shape index (κ3) is 3.58. The van der Waals surface area contributed by atoms with Gasteiger partial charge in [0.15, 0.2) is 0 Å². The Morgan fingerprint density at radius 1 is 1.42 bits per heavy atom. The fourth-order valence-electron chi connectivity index (χ4n) is 1.70. The zero-order chi connectivity index (χ0) is 13.8. The van der Waals surface area contributed by atoms with Gasteiger partial charge in [-0.1, -0.05) is 12.1 Å². The van der Waals surface area contributed by atoms with Crippen LogP contribution in [0.4, 0.5) is 11.7 Å². The summed E-state index contributed by atoms with van der Waals surface area (Å²) >= 11 is 0. The van der Waals surface area contributed by atoms with Gasteiger partial charge in [-0.25, -0.2) is 0 Å². The quantitative estimate of drug-likeness (QED) is 0.864. The smallest absolute Gasteiger partial charge is 0.303 e. The molecular weight excluding hydrogens is 244 g/mol. The van der Waals surface area contributed by atoms with Crippen LogP contribution in [-0.4, -0.2) is 16.1 Å². The molecule has 0 aliphatic carbocycles. The number of benzene rings is 1. The van der Waals surface area contributed by atoms with Crippen LogP contribution >= 0.6 is 0 Å². The molecule has 0 atom stereocenters.